The van der Waals surface area contributed by atoms with Gasteiger partial charge in [0.25, 0.3) is 0 Å². The number of ether oxygens (including phenoxy) is 2. The van der Waals surface area contributed by atoms with Crippen LogP contribution in [0.4, 0.5) is 11.4 Å². The Morgan fingerprint density at radius 1 is 1.10 bits per heavy atom. The first kappa shape index (κ1) is 29.1. The third kappa shape index (κ3) is 4.89. The summed E-state index contributed by atoms with van der Waals surface area (Å²) >= 11 is 0. The zero-order valence-corrected chi connectivity index (χ0v) is 24.5. The average Bonchev–Trinajstić information content (AvgIpc) is 3.44. The van der Waals surface area contributed by atoms with Gasteiger partial charge in [-0.15, -0.1) is 0 Å². The molecule has 220 valence electrons. The van der Waals surface area contributed by atoms with Crippen molar-refractivity contribution >= 4 is 29.1 Å². The van der Waals surface area contributed by atoms with E-state index in [1.165, 1.54) is 0 Å². The van der Waals surface area contributed by atoms with Gasteiger partial charge in [0, 0.05) is 24.5 Å². The first-order valence-electron chi connectivity index (χ1n) is 14.6. The first-order chi connectivity index (χ1) is 19.6. The lowest BCUT2D eigenvalue weighted by atomic mass is 9.62. The van der Waals surface area contributed by atoms with E-state index in [2.05, 4.69) is 10.6 Å². The molecule has 1 spiro atoms. The van der Waals surface area contributed by atoms with Gasteiger partial charge in [0.05, 0.1) is 24.0 Å². The second-order valence-electron chi connectivity index (χ2n) is 11.9. The van der Waals surface area contributed by atoms with Crippen molar-refractivity contribution in [3.8, 4) is 5.75 Å². The third-order valence-corrected chi connectivity index (χ3v) is 9.24. The van der Waals surface area contributed by atoms with E-state index in [0.717, 1.165) is 11.1 Å². The van der Waals surface area contributed by atoms with Crippen LogP contribution in [0.3, 0.4) is 0 Å². The molecule has 3 fully saturated rings. The fourth-order valence-electron chi connectivity index (χ4n) is 7.17. The van der Waals surface area contributed by atoms with Crippen molar-refractivity contribution in [3.63, 3.8) is 0 Å². The van der Waals surface area contributed by atoms with Crippen LogP contribution in [0.1, 0.15) is 51.2 Å². The van der Waals surface area contributed by atoms with Gasteiger partial charge >= 0.3 is 0 Å². The Labute approximate surface area is 241 Å². The summed E-state index contributed by atoms with van der Waals surface area (Å²) < 4.78 is 12.3. The topological polar surface area (TPSA) is 117 Å². The number of carbonyl (C=O) groups is 3. The fourth-order valence-corrected chi connectivity index (χ4v) is 7.17. The van der Waals surface area contributed by atoms with Crippen LogP contribution in [0.15, 0.2) is 42.5 Å². The maximum absolute atomic E-state index is 14.2. The number of aryl methyl sites for hydroxylation is 2. The predicted molar refractivity (Wildman–Crippen MR) is 156 cm³/mol. The number of amides is 3. The first-order valence-corrected chi connectivity index (χ1v) is 14.6. The van der Waals surface area contributed by atoms with Gasteiger partial charge in [-0.05, 0) is 94.3 Å². The van der Waals surface area contributed by atoms with E-state index in [1.54, 1.807) is 29.2 Å². The van der Waals surface area contributed by atoms with E-state index >= 15 is 0 Å². The molecule has 0 aromatic heterocycles. The zero-order valence-electron chi connectivity index (χ0n) is 24.5. The number of nitrogens with zero attached hydrogens (tertiary/aromatic N) is 1. The largest absolute Gasteiger partial charge is 0.494 e. The number of aliphatic hydroxyl groups is 1. The van der Waals surface area contributed by atoms with E-state index in [4.69, 9.17) is 9.47 Å². The van der Waals surface area contributed by atoms with Gasteiger partial charge < -0.3 is 30.1 Å². The molecule has 3 unspecified atom stereocenters. The number of likely N-dealkylation sites (tertiary alicyclic amines) is 1. The molecular weight excluding hydrogens is 522 g/mol. The standard InChI is InChI=1S/C32H41N3O6/c1-6-40-23-13-11-22(12-14-23)33-28(37)25-26-30(39)35(15-7-8-16-36)27(32(26)18-21(4)31(25,5)41-32)29(38)34-24-17-19(2)9-10-20(24)3/h9-14,17,21,25-27,36H,6-8,15-16,18H2,1-5H3,(H,33,37)(H,34,38)/t21?,25-,26-,27?,31+,32?/m0/s1. The fraction of sp³-hybridized carbons (Fsp3) is 0.531. The van der Waals surface area contributed by atoms with Crippen LogP contribution in [-0.4, -0.2) is 64.7 Å². The van der Waals surface area contributed by atoms with Crippen molar-refractivity contribution in [2.24, 2.45) is 17.8 Å². The van der Waals surface area contributed by atoms with Gasteiger partial charge in [0.15, 0.2) is 0 Å². The molecule has 3 amide bonds. The van der Waals surface area contributed by atoms with Crippen molar-refractivity contribution in [1.82, 2.24) is 4.90 Å². The summed E-state index contributed by atoms with van der Waals surface area (Å²) in [6, 6.07) is 12.1. The van der Waals surface area contributed by atoms with Crippen molar-refractivity contribution in [2.75, 3.05) is 30.4 Å². The molecule has 9 nitrogen and oxygen atoms in total. The van der Waals surface area contributed by atoms with Gasteiger partial charge in [-0.25, -0.2) is 0 Å². The number of benzene rings is 2. The van der Waals surface area contributed by atoms with Crippen LogP contribution >= 0.6 is 0 Å². The molecule has 0 saturated carbocycles. The molecule has 3 saturated heterocycles. The van der Waals surface area contributed by atoms with E-state index in [1.807, 2.05) is 52.8 Å². The van der Waals surface area contributed by atoms with Crippen molar-refractivity contribution in [2.45, 2.75) is 71.1 Å². The molecule has 5 rings (SSSR count). The number of nitrogens with one attached hydrogen (secondary N) is 2. The Morgan fingerprint density at radius 2 is 1.83 bits per heavy atom. The summed E-state index contributed by atoms with van der Waals surface area (Å²) in [7, 11) is 0. The molecule has 3 aliphatic heterocycles. The smallest absolute Gasteiger partial charge is 0.250 e. The van der Waals surface area contributed by atoms with Gasteiger partial charge in [0.1, 0.15) is 17.4 Å². The van der Waals surface area contributed by atoms with Crippen LogP contribution in [0.5, 0.6) is 5.75 Å². The van der Waals surface area contributed by atoms with Crippen LogP contribution in [0, 0.1) is 31.6 Å². The lowest BCUT2D eigenvalue weighted by molar-refractivity contribution is -0.144. The van der Waals surface area contributed by atoms with Gasteiger partial charge in [0.2, 0.25) is 17.7 Å². The number of aliphatic hydroxyl groups excluding tert-OH is 1. The summed E-state index contributed by atoms with van der Waals surface area (Å²) in [5.74, 6) is -1.78. The molecule has 6 atom stereocenters. The number of unbranched alkanes of at least 4 members (excludes halogenated alkanes) is 1. The maximum atomic E-state index is 14.2. The van der Waals surface area contributed by atoms with E-state index in [0.29, 0.717) is 49.5 Å². The maximum Gasteiger partial charge on any atom is 0.250 e. The number of carbonyl (C=O) groups excluding carboxylic acids is 3. The third-order valence-electron chi connectivity index (χ3n) is 9.24. The molecule has 0 aliphatic carbocycles. The molecule has 9 heteroatoms. The number of hydrogen-bond acceptors (Lipinski definition) is 6. The van der Waals surface area contributed by atoms with Crippen molar-refractivity contribution < 1.29 is 29.0 Å². The minimum absolute atomic E-state index is 0.00528. The second-order valence-corrected chi connectivity index (χ2v) is 11.9. The summed E-state index contributed by atoms with van der Waals surface area (Å²) in [6.45, 7) is 10.6. The van der Waals surface area contributed by atoms with Crippen molar-refractivity contribution in [1.29, 1.82) is 0 Å². The number of fused-ring (bicyclic) bond motifs is 1. The highest BCUT2D eigenvalue weighted by molar-refractivity contribution is 6.05. The highest BCUT2D eigenvalue weighted by atomic mass is 16.5. The number of anilines is 2. The normalized spacial score (nSPS) is 29.9. The van der Waals surface area contributed by atoms with E-state index in [-0.39, 0.29) is 30.2 Å². The summed E-state index contributed by atoms with van der Waals surface area (Å²) in [5.41, 5.74) is 1.17. The SMILES string of the molecule is CCOc1ccc(NC(=O)[C@@H]2[C@H]3C(=O)N(CCCCO)C(C(=O)Nc4cc(C)ccc4C)C34CC(C)[C@@]2(C)O4)cc1. The predicted octanol–water partition coefficient (Wildman–Crippen LogP) is 4.06. The molecule has 41 heavy (non-hydrogen) atoms. The second kappa shape index (κ2) is 11.1. The molecule has 2 bridgehead atoms. The number of rotatable bonds is 10. The van der Waals surface area contributed by atoms with Crippen LogP contribution < -0.4 is 15.4 Å². The summed E-state index contributed by atoms with van der Waals surface area (Å²) in [4.78, 5) is 43.8. The molecule has 3 aliphatic rings. The van der Waals surface area contributed by atoms with Gasteiger partial charge in [-0.3, -0.25) is 14.4 Å². The molecule has 0 radical (unpaired) electrons. The van der Waals surface area contributed by atoms with Crippen LogP contribution in [0.2, 0.25) is 0 Å². The number of hydrogen-bond donors (Lipinski definition) is 3. The van der Waals surface area contributed by atoms with E-state index in [9.17, 15) is 19.5 Å². The minimum Gasteiger partial charge on any atom is -0.494 e. The molecule has 2 aromatic rings. The van der Waals surface area contributed by atoms with Gasteiger partial charge in [-0.1, -0.05) is 19.1 Å². The highest BCUT2D eigenvalue weighted by Crippen LogP contribution is 2.65. The molecule has 2 aromatic carbocycles. The van der Waals surface area contributed by atoms with Gasteiger partial charge in [-0.2, -0.15) is 0 Å². The lowest BCUT2D eigenvalue weighted by Crippen LogP contribution is -2.54. The lowest BCUT2D eigenvalue weighted by Gasteiger charge is -2.36. The Hall–Kier alpha value is -3.43. The Balaban J connectivity index is 1.49. The average molecular weight is 564 g/mol. The molecular formula is C32H41N3O6. The van der Waals surface area contributed by atoms with Crippen LogP contribution in [-0.2, 0) is 19.1 Å². The highest BCUT2D eigenvalue weighted by Gasteiger charge is 2.79. The van der Waals surface area contributed by atoms with Crippen LogP contribution in [0.25, 0.3) is 0 Å². The molecule has 3 heterocycles. The Morgan fingerprint density at radius 3 is 2.51 bits per heavy atom. The quantitative estimate of drug-likeness (QED) is 0.376. The Kier molecular flexibility index (Phi) is 7.87. The zero-order chi connectivity index (χ0) is 29.5. The minimum atomic E-state index is -1.13. The van der Waals surface area contributed by atoms with Crippen molar-refractivity contribution in [3.05, 3.63) is 53.6 Å². The van der Waals surface area contributed by atoms with E-state index < -0.39 is 29.1 Å². The molecule has 3 N–H and O–H groups in total. The summed E-state index contributed by atoms with van der Waals surface area (Å²) in [5, 5.41) is 15.5. The monoisotopic (exact) mass is 563 g/mol. The Bertz CT molecular complexity index is 1330. The summed E-state index contributed by atoms with van der Waals surface area (Å²) in [6.07, 6.45) is 1.53.